The van der Waals surface area contributed by atoms with Gasteiger partial charge in [0.25, 0.3) is 0 Å². The molecule has 17 heavy (non-hydrogen) atoms. The van der Waals surface area contributed by atoms with Crippen LogP contribution in [0.1, 0.15) is 0 Å². The van der Waals surface area contributed by atoms with Crippen molar-refractivity contribution in [3.05, 3.63) is 48.5 Å². The zero-order chi connectivity index (χ0) is 12.5. The van der Waals surface area contributed by atoms with E-state index >= 15 is 0 Å². The van der Waals surface area contributed by atoms with Crippen molar-refractivity contribution in [3.8, 4) is 11.5 Å². The monoisotopic (exact) mass is 248 g/mol. The zero-order valence-corrected chi connectivity index (χ0v) is 9.40. The second kappa shape index (κ2) is 4.10. The maximum Gasteiger partial charge on any atom is 0.208 e. The fourth-order valence-electron chi connectivity index (χ4n) is 1.30. The van der Waals surface area contributed by atoms with Crippen LogP contribution in [0.5, 0.6) is 11.5 Å². The maximum absolute atomic E-state index is 12.1. The first-order valence-corrected chi connectivity index (χ1v) is 6.15. The predicted octanol–water partition coefficient (Wildman–Crippen LogP) is 1.53. The third-order valence-electron chi connectivity index (χ3n) is 2.10. The normalized spacial score (nSPS) is 11.3. The first-order valence-electron chi connectivity index (χ1n) is 4.66. The van der Waals surface area contributed by atoms with Crippen LogP contribution >= 0.6 is 0 Å². The minimum atomic E-state index is -3.82. The highest BCUT2D eigenvalue weighted by atomic mass is 32.2. The minimum absolute atomic E-state index is 0.164. The lowest BCUT2D eigenvalue weighted by Gasteiger charge is -2.04. The minimum Gasteiger partial charge on any atom is -0.508 e. The van der Waals surface area contributed by atoms with E-state index in [4.69, 9.17) is 0 Å². The number of aromatic hydroxyl groups is 2. The lowest BCUT2D eigenvalue weighted by atomic mass is 10.3. The van der Waals surface area contributed by atoms with Gasteiger partial charge in [0.05, 0.1) is 9.79 Å². The summed E-state index contributed by atoms with van der Waals surface area (Å²) in [5.41, 5.74) is 0. The first-order chi connectivity index (χ1) is 8.00. The number of hydrogen-bond donors (Lipinski definition) is 2. The Balaban J connectivity index is 2.58. The number of phenolic OH excluding ortho intramolecular Hbond substituents is 2. The first kappa shape index (κ1) is 11.5. The zero-order valence-electron chi connectivity index (χ0n) is 8.58. The second-order valence-electron chi connectivity index (χ2n) is 3.33. The molecular formula is C12H8O4S. The summed E-state index contributed by atoms with van der Waals surface area (Å²) in [6.07, 6.45) is 0. The summed E-state index contributed by atoms with van der Waals surface area (Å²) >= 11 is 0. The number of phenols is 2. The van der Waals surface area contributed by atoms with Crippen molar-refractivity contribution in [2.24, 2.45) is 0 Å². The number of rotatable bonds is 2. The number of hydrogen-bond acceptors (Lipinski definition) is 4. The van der Waals surface area contributed by atoms with E-state index < -0.39 is 9.84 Å². The Hall–Kier alpha value is -2.01. The molecule has 5 heteroatoms. The lowest BCUT2D eigenvalue weighted by molar-refractivity contribution is 0.472. The molecule has 2 N–H and O–H groups in total. The van der Waals surface area contributed by atoms with Crippen LogP contribution in [0.2, 0.25) is 0 Å². The van der Waals surface area contributed by atoms with Gasteiger partial charge in [-0.15, -0.1) is 0 Å². The fraction of sp³-hybridized carbons (Fsp3) is 0. The Labute approximate surface area is 98.7 Å². The van der Waals surface area contributed by atoms with E-state index in [1.165, 1.54) is 24.3 Å². The molecule has 0 saturated heterocycles. The molecule has 0 saturated carbocycles. The Morgan fingerprint density at radius 1 is 0.882 bits per heavy atom. The molecule has 0 atom stereocenters. The molecule has 0 aliphatic carbocycles. The van der Waals surface area contributed by atoms with Crippen LogP contribution in [0.25, 0.3) is 0 Å². The molecule has 86 valence electrons. The van der Waals surface area contributed by atoms with Gasteiger partial charge >= 0.3 is 0 Å². The third kappa shape index (κ3) is 2.24. The number of benzene rings is 2. The van der Waals surface area contributed by atoms with Crippen molar-refractivity contribution in [1.82, 2.24) is 0 Å². The molecule has 0 unspecified atom stereocenters. The van der Waals surface area contributed by atoms with Gasteiger partial charge in [-0.2, -0.15) is 0 Å². The van der Waals surface area contributed by atoms with Crippen LogP contribution < -0.4 is 0 Å². The molecule has 0 amide bonds. The van der Waals surface area contributed by atoms with E-state index in [1.807, 2.05) is 0 Å². The summed E-state index contributed by atoms with van der Waals surface area (Å²) in [7, 11) is -3.82. The van der Waals surface area contributed by atoms with E-state index in [9.17, 15) is 18.6 Å². The second-order valence-corrected chi connectivity index (χ2v) is 5.21. The molecule has 0 bridgehead atoms. The highest BCUT2D eigenvalue weighted by molar-refractivity contribution is 7.91. The van der Waals surface area contributed by atoms with Crippen LogP contribution in [-0.2, 0) is 9.84 Å². The summed E-state index contributed by atoms with van der Waals surface area (Å²) in [6, 6.07) is 12.5. The van der Waals surface area contributed by atoms with Gasteiger partial charge in [-0.1, -0.05) is 0 Å². The summed E-state index contributed by atoms with van der Waals surface area (Å²) in [6.45, 7) is 0. The smallest absolute Gasteiger partial charge is 0.208 e. The molecule has 0 aliphatic heterocycles. The van der Waals surface area contributed by atoms with E-state index in [1.54, 1.807) is 0 Å². The molecule has 0 fully saturated rings. The van der Waals surface area contributed by atoms with Crippen LogP contribution in [0.3, 0.4) is 0 Å². The van der Waals surface area contributed by atoms with Crippen molar-refractivity contribution in [2.45, 2.75) is 9.79 Å². The molecule has 2 aromatic rings. The molecule has 2 rings (SSSR count). The SMILES string of the molecule is O=S(=O)(c1[c]ccc(O)c1)c1[c]ccc(O)c1. The van der Waals surface area contributed by atoms with Gasteiger partial charge in [-0.3, -0.25) is 0 Å². The predicted molar refractivity (Wildman–Crippen MR) is 59.3 cm³/mol. The topological polar surface area (TPSA) is 74.6 Å². The Kier molecular flexibility index (Phi) is 2.77. The van der Waals surface area contributed by atoms with Crippen molar-refractivity contribution >= 4 is 9.84 Å². The molecule has 0 aliphatic rings. The van der Waals surface area contributed by atoms with Crippen LogP contribution in [-0.4, -0.2) is 18.6 Å². The molecule has 2 radical (unpaired) electrons. The standard InChI is InChI=1S/C12H8O4S/c13-9-3-1-5-11(7-9)17(15,16)12-6-2-4-10(14)8-12/h1-4,7-8,13-14H. The van der Waals surface area contributed by atoms with Crippen molar-refractivity contribution in [3.63, 3.8) is 0 Å². The Morgan fingerprint density at radius 2 is 1.29 bits per heavy atom. The van der Waals surface area contributed by atoms with Crippen LogP contribution in [0.4, 0.5) is 0 Å². The van der Waals surface area contributed by atoms with Gasteiger partial charge in [-0.05, 0) is 36.4 Å². The molecule has 4 nitrogen and oxygen atoms in total. The van der Waals surface area contributed by atoms with Crippen molar-refractivity contribution in [1.29, 1.82) is 0 Å². The van der Waals surface area contributed by atoms with Gasteiger partial charge in [0.15, 0.2) is 0 Å². The van der Waals surface area contributed by atoms with Gasteiger partial charge in [0.2, 0.25) is 9.84 Å². The molecular weight excluding hydrogens is 240 g/mol. The average molecular weight is 248 g/mol. The van der Waals surface area contributed by atoms with Crippen LogP contribution in [0.15, 0.2) is 46.2 Å². The third-order valence-corrected chi connectivity index (χ3v) is 3.73. The van der Waals surface area contributed by atoms with Gasteiger partial charge in [-0.25, -0.2) is 8.42 Å². The molecule has 2 aromatic carbocycles. The van der Waals surface area contributed by atoms with E-state index in [-0.39, 0.29) is 21.3 Å². The van der Waals surface area contributed by atoms with Gasteiger partial charge in [0, 0.05) is 12.1 Å². The molecule has 0 aromatic heterocycles. The summed E-state index contributed by atoms with van der Waals surface area (Å²) < 4.78 is 24.1. The maximum atomic E-state index is 12.1. The number of sulfone groups is 1. The van der Waals surface area contributed by atoms with Crippen molar-refractivity contribution in [2.75, 3.05) is 0 Å². The Morgan fingerprint density at radius 3 is 1.65 bits per heavy atom. The van der Waals surface area contributed by atoms with E-state index in [0.717, 1.165) is 12.1 Å². The average Bonchev–Trinajstić information content (AvgIpc) is 2.29. The van der Waals surface area contributed by atoms with Gasteiger partial charge < -0.3 is 10.2 Å². The quantitative estimate of drug-likeness (QED) is 0.845. The fourth-order valence-corrected chi connectivity index (χ4v) is 2.53. The highest BCUT2D eigenvalue weighted by Crippen LogP contribution is 2.24. The summed E-state index contributed by atoms with van der Waals surface area (Å²) in [5.74, 6) is -0.329. The van der Waals surface area contributed by atoms with Crippen LogP contribution in [0, 0.1) is 12.1 Å². The van der Waals surface area contributed by atoms with Crippen molar-refractivity contribution < 1.29 is 18.6 Å². The van der Waals surface area contributed by atoms with Gasteiger partial charge in [0.1, 0.15) is 11.5 Å². The highest BCUT2D eigenvalue weighted by Gasteiger charge is 2.18. The van der Waals surface area contributed by atoms with E-state index in [0.29, 0.717) is 0 Å². The van der Waals surface area contributed by atoms with E-state index in [2.05, 4.69) is 12.1 Å². The Bertz CT molecular complexity index is 596. The largest absolute Gasteiger partial charge is 0.508 e. The molecule has 0 spiro atoms. The molecule has 0 heterocycles. The summed E-state index contributed by atoms with van der Waals surface area (Å²) in [4.78, 5) is -0.335. The lowest BCUT2D eigenvalue weighted by Crippen LogP contribution is -2.01. The summed E-state index contributed by atoms with van der Waals surface area (Å²) in [5, 5.41) is 18.5.